The first kappa shape index (κ1) is 9.89. The van der Waals surface area contributed by atoms with Gasteiger partial charge in [0.05, 0.1) is 19.8 Å². The molecular formula is C9H16N2O3. The summed E-state index contributed by atoms with van der Waals surface area (Å²) in [5, 5.41) is 4.59. The van der Waals surface area contributed by atoms with Crippen molar-refractivity contribution in [3.63, 3.8) is 0 Å². The average molecular weight is 200 g/mol. The van der Waals surface area contributed by atoms with Gasteiger partial charge >= 0.3 is 0 Å². The van der Waals surface area contributed by atoms with Crippen LogP contribution in [0, 0.1) is 0 Å². The minimum Gasteiger partial charge on any atom is -0.378 e. The molecular weight excluding hydrogens is 184 g/mol. The van der Waals surface area contributed by atoms with Crippen molar-refractivity contribution >= 4 is 5.91 Å². The molecule has 0 aliphatic carbocycles. The number of carbonyl (C=O) groups is 1. The molecule has 1 N–H and O–H groups in total. The maximum Gasteiger partial charge on any atom is 0.265 e. The molecule has 2 rings (SSSR count). The standard InChI is InChI=1S/C9H16N2O3/c12-9(8-7-13-6-3-10-8)11-4-1-2-5-14-11/h8,10H,1-7H2. The Morgan fingerprint density at radius 1 is 1.36 bits per heavy atom. The summed E-state index contributed by atoms with van der Waals surface area (Å²) in [5.41, 5.74) is 0. The molecule has 0 spiro atoms. The third-order valence-corrected chi connectivity index (χ3v) is 2.47. The van der Waals surface area contributed by atoms with Crippen LogP contribution in [0.2, 0.25) is 0 Å². The van der Waals surface area contributed by atoms with Crippen molar-refractivity contribution in [2.75, 3.05) is 32.9 Å². The van der Waals surface area contributed by atoms with Crippen molar-refractivity contribution in [2.24, 2.45) is 0 Å². The van der Waals surface area contributed by atoms with Gasteiger partial charge in [0.15, 0.2) is 0 Å². The van der Waals surface area contributed by atoms with Crippen LogP contribution >= 0.6 is 0 Å². The fourth-order valence-corrected chi connectivity index (χ4v) is 1.67. The Balaban J connectivity index is 1.85. The van der Waals surface area contributed by atoms with Gasteiger partial charge < -0.3 is 10.1 Å². The molecule has 14 heavy (non-hydrogen) atoms. The van der Waals surface area contributed by atoms with E-state index in [1.807, 2.05) is 0 Å². The molecule has 1 amide bonds. The first-order valence-corrected chi connectivity index (χ1v) is 5.13. The van der Waals surface area contributed by atoms with E-state index in [1.54, 1.807) is 0 Å². The van der Waals surface area contributed by atoms with E-state index in [-0.39, 0.29) is 11.9 Å². The van der Waals surface area contributed by atoms with Crippen LogP contribution in [0.4, 0.5) is 0 Å². The molecule has 0 bridgehead atoms. The van der Waals surface area contributed by atoms with Crippen molar-refractivity contribution < 1.29 is 14.4 Å². The van der Waals surface area contributed by atoms with Crippen LogP contribution < -0.4 is 5.32 Å². The van der Waals surface area contributed by atoms with E-state index in [0.29, 0.717) is 26.4 Å². The monoisotopic (exact) mass is 200 g/mol. The van der Waals surface area contributed by atoms with Crippen molar-refractivity contribution in [1.82, 2.24) is 10.4 Å². The summed E-state index contributed by atoms with van der Waals surface area (Å²) < 4.78 is 5.23. The van der Waals surface area contributed by atoms with Crippen LogP contribution in [0.1, 0.15) is 12.8 Å². The van der Waals surface area contributed by atoms with E-state index in [9.17, 15) is 4.79 Å². The summed E-state index contributed by atoms with van der Waals surface area (Å²) in [6.45, 7) is 3.24. The first-order valence-electron chi connectivity index (χ1n) is 5.13. The number of ether oxygens (including phenoxy) is 1. The molecule has 0 saturated carbocycles. The third kappa shape index (κ3) is 2.23. The van der Waals surface area contributed by atoms with Gasteiger partial charge in [0.1, 0.15) is 6.04 Å². The quantitative estimate of drug-likeness (QED) is 0.621. The van der Waals surface area contributed by atoms with Crippen LogP contribution in [0.3, 0.4) is 0 Å². The molecule has 0 radical (unpaired) electrons. The van der Waals surface area contributed by atoms with Crippen molar-refractivity contribution in [1.29, 1.82) is 0 Å². The molecule has 80 valence electrons. The highest BCUT2D eigenvalue weighted by atomic mass is 16.7. The van der Waals surface area contributed by atoms with E-state index in [0.717, 1.165) is 19.4 Å². The zero-order valence-corrected chi connectivity index (χ0v) is 8.20. The highest BCUT2D eigenvalue weighted by molar-refractivity contribution is 5.81. The van der Waals surface area contributed by atoms with E-state index < -0.39 is 0 Å². The first-order chi connectivity index (χ1) is 6.88. The smallest absolute Gasteiger partial charge is 0.265 e. The number of rotatable bonds is 1. The minimum atomic E-state index is -0.221. The number of morpholine rings is 1. The molecule has 2 fully saturated rings. The molecule has 1 unspecified atom stereocenters. The molecule has 2 saturated heterocycles. The van der Waals surface area contributed by atoms with E-state index in [2.05, 4.69) is 5.32 Å². The Kier molecular flexibility index (Phi) is 3.34. The van der Waals surface area contributed by atoms with Crippen molar-refractivity contribution in [3.05, 3.63) is 0 Å². The van der Waals surface area contributed by atoms with Crippen molar-refractivity contribution in [2.45, 2.75) is 18.9 Å². The molecule has 2 heterocycles. The number of carbonyl (C=O) groups excluding carboxylic acids is 1. The molecule has 0 aromatic heterocycles. The summed E-state index contributed by atoms with van der Waals surface area (Å²) in [6, 6.07) is -0.221. The van der Waals surface area contributed by atoms with E-state index in [4.69, 9.17) is 9.57 Å². The summed E-state index contributed by atoms with van der Waals surface area (Å²) in [4.78, 5) is 17.1. The lowest BCUT2D eigenvalue weighted by molar-refractivity contribution is -0.201. The predicted octanol–water partition coefficient (Wildman–Crippen LogP) is -0.471. The highest BCUT2D eigenvalue weighted by Crippen LogP contribution is 2.08. The van der Waals surface area contributed by atoms with Crippen LogP contribution in [-0.4, -0.2) is 49.9 Å². The summed E-state index contributed by atoms with van der Waals surface area (Å²) in [5.74, 6) is 0.00407. The number of nitrogens with zero attached hydrogens (tertiary/aromatic N) is 1. The zero-order chi connectivity index (χ0) is 9.80. The SMILES string of the molecule is O=C(C1COCCN1)N1CCCCO1. The minimum absolute atomic E-state index is 0.00407. The zero-order valence-electron chi connectivity index (χ0n) is 8.20. The molecule has 5 nitrogen and oxygen atoms in total. The average Bonchev–Trinajstić information content (AvgIpc) is 2.30. The number of hydrogen-bond donors (Lipinski definition) is 1. The fourth-order valence-electron chi connectivity index (χ4n) is 1.67. The summed E-state index contributed by atoms with van der Waals surface area (Å²) >= 11 is 0. The van der Waals surface area contributed by atoms with Crippen LogP contribution in [0.15, 0.2) is 0 Å². The van der Waals surface area contributed by atoms with E-state index >= 15 is 0 Å². The van der Waals surface area contributed by atoms with Gasteiger partial charge in [-0.25, -0.2) is 5.06 Å². The Labute approximate surface area is 83.3 Å². The number of nitrogens with one attached hydrogen (secondary N) is 1. The predicted molar refractivity (Wildman–Crippen MR) is 49.5 cm³/mol. The Hall–Kier alpha value is -0.650. The Bertz CT molecular complexity index is 178. The van der Waals surface area contributed by atoms with Gasteiger partial charge in [0.2, 0.25) is 0 Å². The topological polar surface area (TPSA) is 50.8 Å². The Morgan fingerprint density at radius 2 is 2.29 bits per heavy atom. The molecule has 2 aliphatic rings. The van der Waals surface area contributed by atoms with Gasteiger partial charge in [-0.15, -0.1) is 0 Å². The van der Waals surface area contributed by atoms with Gasteiger partial charge in [-0.1, -0.05) is 0 Å². The van der Waals surface area contributed by atoms with Gasteiger partial charge in [-0.05, 0) is 12.8 Å². The van der Waals surface area contributed by atoms with Crippen molar-refractivity contribution in [3.8, 4) is 0 Å². The largest absolute Gasteiger partial charge is 0.378 e. The van der Waals surface area contributed by atoms with Gasteiger partial charge in [0, 0.05) is 13.1 Å². The number of hydrogen-bond acceptors (Lipinski definition) is 4. The van der Waals surface area contributed by atoms with E-state index in [1.165, 1.54) is 5.06 Å². The number of hydroxylamine groups is 2. The number of amides is 1. The molecule has 0 aromatic carbocycles. The van der Waals surface area contributed by atoms with Gasteiger partial charge in [-0.2, -0.15) is 0 Å². The second-order valence-corrected chi connectivity index (χ2v) is 3.56. The molecule has 1 atom stereocenters. The maximum absolute atomic E-state index is 11.8. The maximum atomic E-state index is 11.8. The third-order valence-electron chi connectivity index (χ3n) is 2.47. The molecule has 2 aliphatic heterocycles. The highest BCUT2D eigenvalue weighted by Gasteiger charge is 2.27. The van der Waals surface area contributed by atoms with Crippen LogP contribution in [0.25, 0.3) is 0 Å². The van der Waals surface area contributed by atoms with Crippen LogP contribution in [-0.2, 0) is 14.4 Å². The normalized spacial score (nSPS) is 28.9. The lowest BCUT2D eigenvalue weighted by Crippen LogP contribution is -2.53. The lowest BCUT2D eigenvalue weighted by atomic mass is 10.2. The van der Waals surface area contributed by atoms with Gasteiger partial charge in [0.25, 0.3) is 5.91 Å². The Morgan fingerprint density at radius 3 is 2.93 bits per heavy atom. The second kappa shape index (κ2) is 4.72. The summed E-state index contributed by atoms with van der Waals surface area (Å²) in [6.07, 6.45) is 2.07. The van der Waals surface area contributed by atoms with Crippen LogP contribution in [0.5, 0.6) is 0 Å². The lowest BCUT2D eigenvalue weighted by Gasteiger charge is -2.31. The summed E-state index contributed by atoms with van der Waals surface area (Å²) in [7, 11) is 0. The second-order valence-electron chi connectivity index (χ2n) is 3.56. The molecule has 0 aromatic rings. The van der Waals surface area contributed by atoms with Gasteiger partial charge in [-0.3, -0.25) is 9.63 Å². The molecule has 5 heteroatoms. The fraction of sp³-hybridized carbons (Fsp3) is 0.889.